The van der Waals surface area contributed by atoms with E-state index in [-0.39, 0.29) is 27.8 Å². The van der Waals surface area contributed by atoms with Crippen molar-refractivity contribution in [2.24, 2.45) is 0 Å². The van der Waals surface area contributed by atoms with Gasteiger partial charge in [0.1, 0.15) is 5.75 Å². The van der Waals surface area contributed by atoms with Gasteiger partial charge in [0, 0.05) is 17.6 Å². The average Bonchev–Trinajstić information content (AvgIpc) is 2.68. The molecule has 0 aliphatic rings. The third-order valence-corrected chi connectivity index (χ3v) is 3.60. The molecule has 0 unspecified atom stereocenters. The van der Waals surface area contributed by atoms with E-state index in [1.807, 2.05) is 5.32 Å². The predicted molar refractivity (Wildman–Crippen MR) is 102 cm³/mol. The molecule has 0 atom stereocenters. The van der Waals surface area contributed by atoms with Gasteiger partial charge < -0.3 is 14.8 Å². The Morgan fingerprint density at radius 2 is 1.83 bits per heavy atom. The van der Waals surface area contributed by atoms with Crippen molar-refractivity contribution in [3.8, 4) is 11.5 Å². The predicted octanol–water partition coefficient (Wildman–Crippen LogP) is 3.04. The number of carbonyl (C=O) groups excluding carboxylic acids is 3. The van der Waals surface area contributed by atoms with Gasteiger partial charge in [-0.15, -0.1) is 0 Å². The summed E-state index contributed by atoms with van der Waals surface area (Å²) in [7, 11) is 0. The van der Waals surface area contributed by atoms with Crippen molar-refractivity contribution in [3.63, 3.8) is 0 Å². The summed E-state index contributed by atoms with van der Waals surface area (Å²) in [6.07, 6.45) is 0. The minimum Gasteiger partial charge on any atom is -0.452 e. The van der Waals surface area contributed by atoms with Crippen molar-refractivity contribution < 1.29 is 28.8 Å². The lowest BCUT2D eigenvalue weighted by molar-refractivity contribution is -0.385. The Bertz CT molecular complexity index is 932. The number of halogens is 1. The van der Waals surface area contributed by atoms with E-state index in [9.17, 15) is 24.5 Å². The Balaban J connectivity index is 1.96. The van der Waals surface area contributed by atoms with E-state index in [0.717, 1.165) is 6.07 Å². The van der Waals surface area contributed by atoms with Gasteiger partial charge >= 0.3 is 17.7 Å². The van der Waals surface area contributed by atoms with Gasteiger partial charge in [0.2, 0.25) is 5.75 Å². The molecule has 0 fully saturated rings. The van der Waals surface area contributed by atoms with Gasteiger partial charge in [-0.1, -0.05) is 11.6 Å². The Morgan fingerprint density at radius 1 is 1.14 bits per heavy atom. The first-order valence-electron chi connectivity index (χ1n) is 8.26. The van der Waals surface area contributed by atoms with E-state index in [2.05, 4.69) is 5.32 Å². The van der Waals surface area contributed by atoms with E-state index in [1.165, 1.54) is 36.4 Å². The standard InChI is InChI=1S/C18H16ClN3O7/c1-2-20-18(25)21-16(23)10-28-17(24)11-3-6-13(7-4-11)29-15-8-5-12(19)9-14(15)22(26)27/h3-9H,2,10H2,1H3,(H2,20,21,23,25). The van der Waals surface area contributed by atoms with Crippen molar-refractivity contribution in [2.45, 2.75) is 6.92 Å². The monoisotopic (exact) mass is 421 g/mol. The fraction of sp³-hybridized carbons (Fsp3) is 0.167. The average molecular weight is 422 g/mol. The summed E-state index contributed by atoms with van der Waals surface area (Å²) in [4.78, 5) is 45.1. The molecule has 3 amide bonds. The summed E-state index contributed by atoms with van der Waals surface area (Å²) >= 11 is 5.75. The van der Waals surface area contributed by atoms with E-state index in [4.69, 9.17) is 21.1 Å². The Kier molecular flexibility index (Phi) is 7.49. The number of nitrogens with one attached hydrogen (secondary N) is 2. The number of esters is 1. The van der Waals surface area contributed by atoms with E-state index in [1.54, 1.807) is 6.92 Å². The molecule has 0 heterocycles. The lowest BCUT2D eigenvalue weighted by atomic mass is 10.2. The van der Waals surface area contributed by atoms with Gasteiger partial charge in [0.15, 0.2) is 6.61 Å². The third kappa shape index (κ3) is 6.47. The minimum atomic E-state index is -0.792. The van der Waals surface area contributed by atoms with E-state index >= 15 is 0 Å². The topological polar surface area (TPSA) is 137 Å². The van der Waals surface area contributed by atoms with Crippen LogP contribution >= 0.6 is 11.6 Å². The molecular weight excluding hydrogens is 406 g/mol. The second kappa shape index (κ2) is 10.0. The van der Waals surface area contributed by atoms with Crippen molar-refractivity contribution >= 4 is 35.2 Å². The highest BCUT2D eigenvalue weighted by molar-refractivity contribution is 6.30. The molecule has 29 heavy (non-hydrogen) atoms. The minimum absolute atomic E-state index is 0.0169. The van der Waals surface area contributed by atoms with Crippen LogP contribution < -0.4 is 15.4 Å². The highest BCUT2D eigenvalue weighted by Gasteiger charge is 2.17. The van der Waals surface area contributed by atoms with Crippen LogP contribution in [0.4, 0.5) is 10.5 Å². The summed E-state index contributed by atoms with van der Waals surface area (Å²) in [5, 5.41) is 15.6. The second-order valence-electron chi connectivity index (χ2n) is 5.48. The number of nitrogens with zero attached hydrogens (tertiary/aromatic N) is 1. The first kappa shape index (κ1) is 21.6. The molecule has 2 N–H and O–H groups in total. The summed E-state index contributed by atoms with van der Waals surface area (Å²) in [5.41, 5.74) is -0.187. The van der Waals surface area contributed by atoms with Crippen LogP contribution in [0, 0.1) is 10.1 Å². The molecule has 0 spiro atoms. The molecule has 0 saturated heterocycles. The normalized spacial score (nSPS) is 10.0. The number of nitro benzene ring substituents is 1. The zero-order chi connectivity index (χ0) is 21.4. The molecule has 2 rings (SSSR count). The fourth-order valence-corrected chi connectivity index (χ4v) is 2.25. The first-order chi connectivity index (χ1) is 13.8. The van der Waals surface area contributed by atoms with Crippen LogP contribution in [0.5, 0.6) is 11.5 Å². The number of amides is 3. The molecule has 10 nitrogen and oxygen atoms in total. The van der Waals surface area contributed by atoms with Crippen molar-refractivity contribution in [1.29, 1.82) is 0 Å². The maximum Gasteiger partial charge on any atom is 0.338 e. The molecule has 0 aliphatic heterocycles. The molecule has 11 heteroatoms. The molecule has 0 aliphatic carbocycles. The summed E-state index contributed by atoms with van der Waals surface area (Å²) in [5.74, 6) is -1.35. The van der Waals surface area contributed by atoms with Gasteiger partial charge in [-0.25, -0.2) is 9.59 Å². The molecule has 152 valence electrons. The number of imide groups is 1. The van der Waals surface area contributed by atoms with Gasteiger partial charge in [-0.2, -0.15) is 0 Å². The number of hydrogen-bond donors (Lipinski definition) is 2. The molecule has 0 saturated carbocycles. The third-order valence-electron chi connectivity index (χ3n) is 3.36. The van der Waals surface area contributed by atoms with Crippen molar-refractivity contribution in [1.82, 2.24) is 10.6 Å². The smallest absolute Gasteiger partial charge is 0.338 e. The van der Waals surface area contributed by atoms with Crippen LogP contribution in [0.2, 0.25) is 5.02 Å². The molecule has 0 radical (unpaired) electrons. The van der Waals surface area contributed by atoms with Crippen LogP contribution in [0.25, 0.3) is 0 Å². The van der Waals surface area contributed by atoms with Crippen LogP contribution in [-0.4, -0.2) is 36.0 Å². The lowest BCUT2D eigenvalue weighted by Crippen LogP contribution is -2.41. The van der Waals surface area contributed by atoms with Crippen molar-refractivity contribution in [2.75, 3.05) is 13.2 Å². The summed E-state index contributed by atoms with van der Waals surface area (Å²) in [6.45, 7) is 1.39. The number of benzene rings is 2. The largest absolute Gasteiger partial charge is 0.452 e. The van der Waals surface area contributed by atoms with Crippen LogP contribution in [0.3, 0.4) is 0 Å². The first-order valence-corrected chi connectivity index (χ1v) is 8.64. The fourth-order valence-electron chi connectivity index (χ4n) is 2.09. The van der Waals surface area contributed by atoms with Gasteiger partial charge in [-0.3, -0.25) is 20.2 Å². The lowest BCUT2D eigenvalue weighted by Gasteiger charge is -2.08. The van der Waals surface area contributed by atoms with Crippen LogP contribution in [0.15, 0.2) is 42.5 Å². The van der Waals surface area contributed by atoms with Crippen molar-refractivity contribution in [3.05, 3.63) is 63.2 Å². The number of urea groups is 1. The van der Waals surface area contributed by atoms with Gasteiger partial charge in [0.25, 0.3) is 5.91 Å². The zero-order valence-corrected chi connectivity index (χ0v) is 15.9. The molecule has 0 bridgehead atoms. The Labute approximate surface area is 169 Å². The van der Waals surface area contributed by atoms with Gasteiger partial charge in [0.05, 0.1) is 10.5 Å². The molecule has 2 aromatic carbocycles. The number of ether oxygens (including phenoxy) is 2. The Hall–Kier alpha value is -3.66. The van der Waals surface area contributed by atoms with Crippen LogP contribution in [0.1, 0.15) is 17.3 Å². The Morgan fingerprint density at radius 3 is 2.45 bits per heavy atom. The number of carbonyl (C=O) groups is 3. The second-order valence-corrected chi connectivity index (χ2v) is 5.92. The van der Waals surface area contributed by atoms with E-state index < -0.39 is 29.4 Å². The maximum absolute atomic E-state index is 12.0. The molecule has 2 aromatic rings. The summed E-state index contributed by atoms with van der Waals surface area (Å²) < 4.78 is 10.3. The zero-order valence-electron chi connectivity index (χ0n) is 15.1. The van der Waals surface area contributed by atoms with E-state index in [0.29, 0.717) is 6.54 Å². The van der Waals surface area contributed by atoms with Gasteiger partial charge in [-0.05, 0) is 43.3 Å². The SMILES string of the molecule is CCNC(=O)NC(=O)COC(=O)c1ccc(Oc2ccc(Cl)cc2[N+](=O)[O-])cc1. The molecular formula is C18H16ClN3O7. The highest BCUT2D eigenvalue weighted by Crippen LogP contribution is 2.33. The number of rotatable bonds is 7. The van der Waals surface area contributed by atoms with Crippen LogP contribution in [-0.2, 0) is 9.53 Å². The number of hydrogen-bond acceptors (Lipinski definition) is 7. The maximum atomic E-state index is 12.0. The quantitative estimate of drug-likeness (QED) is 0.398. The molecule has 0 aromatic heterocycles. The highest BCUT2D eigenvalue weighted by atomic mass is 35.5. The number of nitro groups is 1. The summed E-state index contributed by atoms with van der Waals surface area (Å²) in [6, 6.07) is 8.81.